The molecule has 6 heteroatoms. The number of fused-ring (bicyclic) bond motifs is 9. The molecule has 334 valence electrons. The Kier molecular flexibility index (Phi) is 9.23. The summed E-state index contributed by atoms with van der Waals surface area (Å²) in [6, 6.07) is 79.8. The average molecular weight is 910 g/mol. The maximum atomic E-state index is 6.74. The molecular formula is C65H43N5O. The smallest absolute Gasteiger partial charge is 0.167 e. The predicted molar refractivity (Wildman–Crippen MR) is 292 cm³/mol. The second-order valence-electron chi connectivity index (χ2n) is 18.5. The fourth-order valence-electron chi connectivity index (χ4n) is 10.8. The lowest BCUT2D eigenvalue weighted by molar-refractivity contribution is 0.669. The molecule has 0 fully saturated rings. The first-order chi connectivity index (χ1) is 35.0. The lowest BCUT2D eigenvalue weighted by atomic mass is 9.98. The normalized spacial score (nSPS) is 11.8. The van der Waals surface area contributed by atoms with E-state index in [2.05, 4.69) is 181 Å². The maximum Gasteiger partial charge on any atom is 0.167 e. The number of hydrogen-bond acceptors (Lipinski definition) is 4. The Morgan fingerprint density at radius 3 is 1.28 bits per heavy atom. The molecule has 0 atom stereocenters. The van der Waals surface area contributed by atoms with Crippen molar-refractivity contribution >= 4 is 65.6 Å². The zero-order valence-corrected chi connectivity index (χ0v) is 39.0. The van der Waals surface area contributed by atoms with E-state index in [4.69, 9.17) is 19.4 Å². The summed E-state index contributed by atoms with van der Waals surface area (Å²) in [5.74, 6) is 1.78. The fourth-order valence-corrected chi connectivity index (χ4v) is 10.8. The molecule has 14 rings (SSSR count). The van der Waals surface area contributed by atoms with Crippen LogP contribution in [0.25, 0.3) is 133 Å². The van der Waals surface area contributed by atoms with Crippen LogP contribution in [0.4, 0.5) is 0 Å². The molecule has 4 aromatic heterocycles. The van der Waals surface area contributed by atoms with E-state index in [1.54, 1.807) is 0 Å². The van der Waals surface area contributed by atoms with Crippen LogP contribution in [0, 0.1) is 13.8 Å². The van der Waals surface area contributed by atoms with Gasteiger partial charge in [0.2, 0.25) is 0 Å². The van der Waals surface area contributed by atoms with Gasteiger partial charge in [-0.05, 0) is 120 Å². The Hall–Kier alpha value is -9.39. The summed E-state index contributed by atoms with van der Waals surface area (Å²) in [6.45, 7) is 4.38. The molecule has 0 radical (unpaired) electrons. The molecule has 0 spiro atoms. The summed E-state index contributed by atoms with van der Waals surface area (Å²) < 4.78 is 11.6. The van der Waals surface area contributed by atoms with Gasteiger partial charge in [0.15, 0.2) is 17.5 Å². The molecule has 6 nitrogen and oxygen atoms in total. The van der Waals surface area contributed by atoms with Crippen molar-refractivity contribution in [1.29, 1.82) is 0 Å². The van der Waals surface area contributed by atoms with E-state index >= 15 is 0 Å². The first kappa shape index (κ1) is 40.7. The molecule has 0 unspecified atom stereocenters. The standard InChI is InChI=1S/C65H43N5O/c1-40-16-9-12-25-55(40)69-57-27-14-11-22-48(57)51-36-44(28-32-58(51)69)45-29-33-59-52(37-45)53-38-46(30-34-60(53)70(59)56-26-13-10-17-41(56)2)47-31-35-61-54(39-47)49-23-15-24-50(62(49)71-61)65-67-63(42-18-5-3-6-19-42)66-64(68-65)43-20-7-4-8-21-43/h3-39H,1-2H3. The lowest BCUT2D eigenvalue weighted by Gasteiger charge is -2.12. The van der Waals surface area contributed by atoms with Crippen molar-refractivity contribution in [2.45, 2.75) is 13.8 Å². The lowest BCUT2D eigenvalue weighted by Crippen LogP contribution is -2.00. The van der Waals surface area contributed by atoms with Crippen LogP contribution in [0.5, 0.6) is 0 Å². The van der Waals surface area contributed by atoms with E-state index in [0.29, 0.717) is 17.5 Å². The number of furan rings is 1. The molecule has 10 aromatic carbocycles. The SMILES string of the molecule is Cc1ccccc1-n1c2ccccc2c2cc(-c3ccc4c(c3)c3cc(-c5ccc6oc7c(-c8nc(-c9ccccc9)nc(-c9ccccc9)n8)cccc7c6c5)ccc3n4-c3ccccc3C)ccc21. The first-order valence-corrected chi connectivity index (χ1v) is 24.1. The quantitative estimate of drug-likeness (QED) is 0.160. The highest BCUT2D eigenvalue weighted by molar-refractivity contribution is 6.14. The van der Waals surface area contributed by atoms with E-state index < -0.39 is 0 Å². The third kappa shape index (κ3) is 6.60. The van der Waals surface area contributed by atoms with E-state index in [9.17, 15) is 0 Å². The Labute approximate surface area is 409 Å². The molecule has 0 saturated heterocycles. The Morgan fingerprint density at radius 2 is 0.732 bits per heavy atom. The largest absolute Gasteiger partial charge is 0.455 e. The molecule has 0 aliphatic carbocycles. The first-order valence-electron chi connectivity index (χ1n) is 24.1. The molecule has 0 bridgehead atoms. The van der Waals surface area contributed by atoms with Gasteiger partial charge in [0, 0.05) is 54.8 Å². The Balaban J connectivity index is 0.914. The van der Waals surface area contributed by atoms with Crippen LogP contribution >= 0.6 is 0 Å². The monoisotopic (exact) mass is 909 g/mol. The Morgan fingerprint density at radius 1 is 0.310 bits per heavy atom. The second-order valence-corrected chi connectivity index (χ2v) is 18.5. The van der Waals surface area contributed by atoms with E-state index in [1.165, 1.54) is 71.7 Å². The molecule has 0 N–H and O–H groups in total. The fraction of sp³-hybridized carbons (Fsp3) is 0.0308. The molecule has 0 aliphatic heterocycles. The Bertz CT molecular complexity index is 4370. The van der Waals surface area contributed by atoms with Crippen LogP contribution in [-0.2, 0) is 0 Å². The van der Waals surface area contributed by atoms with Crippen molar-refractivity contribution in [2.75, 3.05) is 0 Å². The van der Waals surface area contributed by atoms with Gasteiger partial charge < -0.3 is 13.6 Å². The van der Waals surface area contributed by atoms with Gasteiger partial charge in [-0.25, -0.2) is 15.0 Å². The van der Waals surface area contributed by atoms with Gasteiger partial charge in [-0.2, -0.15) is 0 Å². The van der Waals surface area contributed by atoms with Gasteiger partial charge in [0.1, 0.15) is 11.2 Å². The van der Waals surface area contributed by atoms with Gasteiger partial charge in [0.25, 0.3) is 0 Å². The summed E-state index contributed by atoms with van der Waals surface area (Å²) in [5, 5.41) is 6.91. The minimum atomic E-state index is 0.561. The van der Waals surface area contributed by atoms with Gasteiger partial charge >= 0.3 is 0 Å². The number of para-hydroxylation sites is 4. The van der Waals surface area contributed by atoms with Crippen molar-refractivity contribution in [3.05, 3.63) is 236 Å². The van der Waals surface area contributed by atoms with Crippen molar-refractivity contribution in [3.63, 3.8) is 0 Å². The van der Waals surface area contributed by atoms with Gasteiger partial charge in [-0.1, -0.05) is 152 Å². The summed E-state index contributed by atoms with van der Waals surface area (Å²) in [6.07, 6.45) is 0. The highest BCUT2D eigenvalue weighted by atomic mass is 16.3. The number of nitrogens with zero attached hydrogens (tertiary/aromatic N) is 5. The molecule has 4 heterocycles. The third-order valence-electron chi connectivity index (χ3n) is 14.3. The topological polar surface area (TPSA) is 61.7 Å². The van der Waals surface area contributed by atoms with Crippen LogP contribution in [0.3, 0.4) is 0 Å². The second kappa shape index (κ2) is 16.1. The van der Waals surface area contributed by atoms with Gasteiger partial charge in [-0.3, -0.25) is 0 Å². The minimum Gasteiger partial charge on any atom is -0.455 e. The number of rotatable bonds is 7. The average Bonchev–Trinajstić information content (AvgIpc) is 4.08. The molecule has 0 saturated carbocycles. The molecule has 71 heavy (non-hydrogen) atoms. The zero-order chi connectivity index (χ0) is 47.2. The minimum absolute atomic E-state index is 0.561. The summed E-state index contributed by atoms with van der Waals surface area (Å²) >= 11 is 0. The van der Waals surface area contributed by atoms with Crippen molar-refractivity contribution in [2.24, 2.45) is 0 Å². The van der Waals surface area contributed by atoms with Crippen LogP contribution in [-0.4, -0.2) is 24.1 Å². The van der Waals surface area contributed by atoms with Crippen LogP contribution < -0.4 is 0 Å². The van der Waals surface area contributed by atoms with Crippen molar-refractivity contribution < 1.29 is 4.42 Å². The van der Waals surface area contributed by atoms with Crippen LogP contribution in [0.1, 0.15) is 11.1 Å². The number of hydrogen-bond donors (Lipinski definition) is 0. The van der Waals surface area contributed by atoms with Crippen LogP contribution in [0.15, 0.2) is 229 Å². The van der Waals surface area contributed by atoms with Gasteiger partial charge in [0.05, 0.1) is 27.6 Å². The van der Waals surface area contributed by atoms with Crippen molar-refractivity contribution in [3.8, 4) is 67.8 Å². The highest BCUT2D eigenvalue weighted by Gasteiger charge is 2.21. The molecular weight excluding hydrogens is 867 g/mol. The molecule has 0 aliphatic rings. The van der Waals surface area contributed by atoms with Crippen LogP contribution in [0.2, 0.25) is 0 Å². The summed E-state index contributed by atoms with van der Waals surface area (Å²) in [7, 11) is 0. The number of benzene rings is 10. The van der Waals surface area contributed by atoms with E-state index in [-0.39, 0.29) is 0 Å². The van der Waals surface area contributed by atoms with Gasteiger partial charge in [-0.15, -0.1) is 0 Å². The highest BCUT2D eigenvalue weighted by Crippen LogP contribution is 2.42. The van der Waals surface area contributed by atoms with E-state index in [0.717, 1.165) is 55.3 Å². The zero-order valence-electron chi connectivity index (χ0n) is 39.0. The molecule has 14 aromatic rings. The maximum absolute atomic E-state index is 6.74. The molecule has 0 amide bonds. The number of aromatic nitrogens is 5. The summed E-state index contributed by atoms with van der Waals surface area (Å²) in [4.78, 5) is 15.0. The number of aryl methyl sites for hydroxylation is 2. The predicted octanol–water partition coefficient (Wildman–Crippen LogP) is 16.9. The van der Waals surface area contributed by atoms with Crippen molar-refractivity contribution in [1.82, 2.24) is 24.1 Å². The summed E-state index contributed by atoms with van der Waals surface area (Å²) in [5.41, 5.74) is 18.4. The third-order valence-corrected chi connectivity index (χ3v) is 14.3. The van der Waals surface area contributed by atoms with E-state index in [1.807, 2.05) is 66.7 Å².